The van der Waals surface area contributed by atoms with Gasteiger partial charge in [-0.15, -0.1) is 11.3 Å². The van der Waals surface area contributed by atoms with Crippen LogP contribution in [0.1, 0.15) is 37.8 Å². The standard InChI is InChI=1S/C24H25N5O2S/c1-15-14-29-22(26-15)6-5-18(27-29)17-11-21-19(25-13-17)12-20(32-21)16-7-9-28(10-8-16)23(30)31-24(2,3)4/h5-7,11-14H,8-10H2,1-4H3. The number of carbonyl (C=O) groups excluding carboxylic acids is 1. The Morgan fingerprint density at radius 3 is 2.81 bits per heavy atom. The number of hydrogen-bond acceptors (Lipinski definition) is 6. The van der Waals surface area contributed by atoms with E-state index in [0.717, 1.165) is 39.2 Å². The van der Waals surface area contributed by atoms with Crippen molar-refractivity contribution < 1.29 is 9.53 Å². The highest BCUT2D eigenvalue weighted by Crippen LogP contribution is 2.34. The van der Waals surface area contributed by atoms with Crippen molar-refractivity contribution in [2.45, 2.75) is 39.7 Å². The molecule has 0 saturated heterocycles. The van der Waals surface area contributed by atoms with Gasteiger partial charge >= 0.3 is 6.09 Å². The summed E-state index contributed by atoms with van der Waals surface area (Å²) in [4.78, 5) is 24.4. The predicted octanol–water partition coefficient (Wildman–Crippen LogP) is 5.34. The summed E-state index contributed by atoms with van der Waals surface area (Å²) in [6.45, 7) is 8.84. The summed E-state index contributed by atoms with van der Waals surface area (Å²) in [6, 6.07) is 8.23. The van der Waals surface area contributed by atoms with E-state index >= 15 is 0 Å². The molecule has 7 nitrogen and oxygen atoms in total. The molecule has 1 aliphatic rings. The fraction of sp³-hybridized carbons (Fsp3) is 0.333. The SMILES string of the molecule is Cc1cn2nc(-c3cnc4cc(C5=CCN(C(=O)OC(C)(C)C)CC5)sc4c3)ccc2n1. The first-order chi connectivity index (χ1) is 15.2. The van der Waals surface area contributed by atoms with Gasteiger partial charge in [-0.1, -0.05) is 6.08 Å². The van der Waals surface area contributed by atoms with Crippen molar-refractivity contribution in [2.75, 3.05) is 13.1 Å². The minimum atomic E-state index is -0.480. The molecule has 0 atom stereocenters. The van der Waals surface area contributed by atoms with Crippen LogP contribution in [0.4, 0.5) is 4.79 Å². The zero-order valence-electron chi connectivity index (χ0n) is 18.6. The highest BCUT2D eigenvalue weighted by atomic mass is 32.1. The van der Waals surface area contributed by atoms with Crippen LogP contribution in [0.3, 0.4) is 0 Å². The Hall–Kier alpha value is -3.26. The summed E-state index contributed by atoms with van der Waals surface area (Å²) in [5, 5.41) is 4.68. The van der Waals surface area contributed by atoms with Crippen LogP contribution >= 0.6 is 11.3 Å². The number of rotatable bonds is 2. The molecule has 0 aromatic carbocycles. The molecule has 5 rings (SSSR count). The number of ether oxygens (including phenoxy) is 1. The highest BCUT2D eigenvalue weighted by molar-refractivity contribution is 7.20. The van der Waals surface area contributed by atoms with Gasteiger partial charge in [-0.05, 0) is 64.0 Å². The minimum absolute atomic E-state index is 0.256. The molecule has 4 aromatic heterocycles. The topological polar surface area (TPSA) is 72.6 Å². The number of imidazole rings is 1. The van der Waals surface area contributed by atoms with Gasteiger partial charge in [0.05, 0.1) is 27.8 Å². The van der Waals surface area contributed by atoms with E-state index in [1.807, 2.05) is 52.2 Å². The van der Waals surface area contributed by atoms with Gasteiger partial charge in [-0.3, -0.25) is 4.98 Å². The van der Waals surface area contributed by atoms with Crippen LogP contribution in [0.5, 0.6) is 0 Å². The predicted molar refractivity (Wildman–Crippen MR) is 127 cm³/mol. The molecule has 0 bridgehead atoms. The highest BCUT2D eigenvalue weighted by Gasteiger charge is 2.24. The van der Waals surface area contributed by atoms with E-state index in [9.17, 15) is 4.79 Å². The summed E-state index contributed by atoms with van der Waals surface area (Å²) in [5.74, 6) is 0. The smallest absolute Gasteiger partial charge is 0.410 e. The van der Waals surface area contributed by atoms with Crippen molar-refractivity contribution in [1.82, 2.24) is 24.5 Å². The average Bonchev–Trinajstić information content (AvgIpc) is 3.33. The van der Waals surface area contributed by atoms with Gasteiger partial charge in [0.25, 0.3) is 0 Å². The van der Waals surface area contributed by atoms with Gasteiger partial charge in [-0.2, -0.15) is 5.10 Å². The molecule has 0 radical (unpaired) electrons. The van der Waals surface area contributed by atoms with Crippen molar-refractivity contribution in [2.24, 2.45) is 0 Å². The minimum Gasteiger partial charge on any atom is -0.444 e. The van der Waals surface area contributed by atoms with Gasteiger partial charge in [0.2, 0.25) is 0 Å². The third kappa shape index (κ3) is 4.10. The molecule has 1 amide bonds. The monoisotopic (exact) mass is 447 g/mol. The number of pyridine rings is 1. The van der Waals surface area contributed by atoms with Crippen molar-refractivity contribution in [3.8, 4) is 11.3 Å². The second kappa shape index (κ2) is 7.70. The van der Waals surface area contributed by atoms with Gasteiger partial charge in [-0.25, -0.2) is 14.3 Å². The Kier molecular flexibility index (Phi) is 4.97. The largest absolute Gasteiger partial charge is 0.444 e. The lowest BCUT2D eigenvalue weighted by molar-refractivity contribution is 0.0270. The Morgan fingerprint density at radius 1 is 1.22 bits per heavy atom. The fourth-order valence-electron chi connectivity index (χ4n) is 3.76. The zero-order chi connectivity index (χ0) is 22.5. The first kappa shape index (κ1) is 20.6. The van der Waals surface area contributed by atoms with Crippen LogP contribution in [-0.2, 0) is 4.74 Å². The summed E-state index contributed by atoms with van der Waals surface area (Å²) in [6.07, 6.45) is 6.46. The van der Waals surface area contributed by atoms with Crippen LogP contribution in [0.25, 0.3) is 32.7 Å². The molecule has 0 aliphatic carbocycles. The van der Waals surface area contributed by atoms with Gasteiger partial charge < -0.3 is 9.64 Å². The fourth-order valence-corrected chi connectivity index (χ4v) is 4.88. The second-order valence-electron chi connectivity index (χ2n) is 9.03. The van der Waals surface area contributed by atoms with Crippen LogP contribution in [0, 0.1) is 6.92 Å². The maximum Gasteiger partial charge on any atom is 0.410 e. The molecule has 32 heavy (non-hydrogen) atoms. The molecule has 0 saturated carbocycles. The van der Waals surface area contributed by atoms with Crippen molar-refractivity contribution >= 4 is 38.9 Å². The number of nitrogens with zero attached hydrogens (tertiary/aromatic N) is 5. The van der Waals surface area contributed by atoms with Crippen molar-refractivity contribution in [1.29, 1.82) is 0 Å². The van der Waals surface area contributed by atoms with E-state index < -0.39 is 5.60 Å². The lowest BCUT2D eigenvalue weighted by Gasteiger charge is -2.29. The van der Waals surface area contributed by atoms with Crippen molar-refractivity contribution in [3.05, 3.63) is 53.3 Å². The lowest BCUT2D eigenvalue weighted by Crippen LogP contribution is -2.39. The molecule has 4 aromatic rings. The molecule has 0 spiro atoms. The first-order valence-corrected chi connectivity index (χ1v) is 11.5. The molecule has 0 N–H and O–H groups in total. The number of thiophene rings is 1. The Balaban J connectivity index is 1.38. The number of aromatic nitrogens is 4. The van der Waals surface area contributed by atoms with E-state index in [4.69, 9.17) is 4.74 Å². The number of aryl methyl sites for hydroxylation is 1. The summed E-state index contributed by atoms with van der Waals surface area (Å²) >= 11 is 1.73. The number of carbonyl (C=O) groups is 1. The molecular weight excluding hydrogens is 422 g/mol. The molecule has 1 aliphatic heterocycles. The Morgan fingerprint density at radius 2 is 2.06 bits per heavy atom. The van der Waals surface area contributed by atoms with E-state index in [-0.39, 0.29) is 6.09 Å². The lowest BCUT2D eigenvalue weighted by atomic mass is 10.1. The molecule has 5 heterocycles. The van der Waals surface area contributed by atoms with Gasteiger partial charge in [0, 0.05) is 29.7 Å². The van der Waals surface area contributed by atoms with Crippen LogP contribution in [0.2, 0.25) is 0 Å². The van der Waals surface area contributed by atoms with E-state index in [1.165, 1.54) is 10.5 Å². The number of hydrogen-bond donors (Lipinski definition) is 0. The molecule has 164 valence electrons. The van der Waals surface area contributed by atoms with Gasteiger partial charge in [0.1, 0.15) is 5.60 Å². The average molecular weight is 448 g/mol. The van der Waals surface area contributed by atoms with Crippen LogP contribution in [0.15, 0.2) is 42.7 Å². The number of fused-ring (bicyclic) bond motifs is 2. The normalized spacial score (nSPS) is 14.8. The van der Waals surface area contributed by atoms with Crippen LogP contribution < -0.4 is 0 Å². The van der Waals surface area contributed by atoms with E-state index in [1.54, 1.807) is 20.8 Å². The summed E-state index contributed by atoms with van der Waals surface area (Å²) in [5.41, 5.74) is 5.37. The maximum atomic E-state index is 12.3. The van der Waals surface area contributed by atoms with E-state index in [0.29, 0.717) is 13.1 Å². The molecule has 0 unspecified atom stereocenters. The zero-order valence-corrected chi connectivity index (χ0v) is 19.4. The number of amides is 1. The third-order valence-corrected chi connectivity index (χ3v) is 6.43. The molecule has 8 heteroatoms. The first-order valence-electron chi connectivity index (χ1n) is 10.7. The Bertz CT molecular complexity index is 1360. The van der Waals surface area contributed by atoms with Gasteiger partial charge in [0.15, 0.2) is 5.65 Å². The summed E-state index contributed by atoms with van der Waals surface area (Å²) < 4.78 is 8.41. The summed E-state index contributed by atoms with van der Waals surface area (Å²) in [7, 11) is 0. The quantitative estimate of drug-likeness (QED) is 0.415. The van der Waals surface area contributed by atoms with Crippen molar-refractivity contribution in [3.63, 3.8) is 0 Å². The maximum absolute atomic E-state index is 12.3. The molecule has 0 fully saturated rings. The molecular formula is C24H25N5O2S. The third-order valence-electron chi connectivity index (χ3n) is 5.28. The second-order valence-corrected chi connectivity index (χ2v) is 10.1. The van der Waals surface area contributed by atoms with E-state index in [2.05, 4.69) is 33.3 Å². The Labute approximate surface area is 190 Å². The van der Waals surface area contributed by atoms with Crippen LogP contribution in [-0.4, -0.2) is 49.3 Å².